The zero-order valence-electron chi connectivity index (χ0n) is 8.54. The third-order valence-corrected chi connectivity index (χ3v) is 1.64. The minimum Gasteiger partial charge on any atom is -0.481 e. The van der Waals surface area contributed by atoms with E-state index >= 15 is 0 Å². The Balaban J connectivity index is 0. The summed E-state index contributed by atoms with van der Waals surface area (Å²) in [5.41, 5.74) is -1.11. The zero-order valence-corrected chi connectivity index (χ0v) is 8.54. The zero-order chi connectivity index (χ0) is 13.2. The molecule has 0 rings (SSSR count). The maximum atomic E-state index is 9.43. The minimum absolute atomic E-state index is 0.406. The molecule has 0 fully saturated rings. The van der Waals surface area contributed by atoms with E-state index in [0.717, 1.165) is 0 Å². The molecular formula is C8H16O8. The van der Waals surface area contributed by atoms with Gasteiger partial charge in [-0.15, -0.1) is 0 Å². The van der Waals surface area contributed by atoms with Crippen LogP contribution in [-0.2, 0) is 9.59 Å². The second-order valence-electron chi connectivity index (χ2n) is 3.10. The first kappa shape index (κ1) is 17.2. The quantitative estimate of drug-likeness (QED) is 0.278. The third-order valence-electron chi connectivity index (χ3n) is 1.64. The molecule has 0 radical (unpaired) electrons. The summed E-state index contributed by atoms with van der Waals surface area (Å²) >= 11 is 0. The second-order valence-corrected chi connectivity index (χ2v) is 3.10. The topological polar surface area (TPSA) is 156 Å². The highest BCUT2D eigenvalue weighted by Crippen LogP contribution is 2.11. The van der Waals surface area contributed by atoms with E-state index in [9.17, 15) is 9.59 Å². The average molecular weight is 240 g/mol. The Morgan fingerprint density at radius 3 is 1.00 bits per heavy atom. The molecule has 0 aliphatic carbocycles. The number of hydrogen-bond acceptors (Lipinski definition) is 6. The fourth-order valence-corrected chi connectivity index (χ4v) is 0.429. The van der Waals surface area contributed by atoms with Crippen molar-refractivity contribution in [2.45, 2.75) is 6.42 Å². The van der Waals surface area contributed by atoms with Crippen LogP contribution >= 0.6 is 0 Å². The summed E-state index contributed by atoms with van der Waals surface area (Å²) in [6, 6.07) is 0. The fourth-order valence-electron chi connectivity index (χ4n) is 0.429. The normalized spacial score (nSPS) is 10.2. The summed E-state index contributed by atoms with van der Waals surface area (Å²) in [6.07, 6.45) is -0.806. The van der Waals surface area contributed by atoms with Gasteiger partial charge in [0.15, 0.2) is 0 Å². The van der Waals surface area contributed by atoms with Gasteiger partial charge in [-0.2, -0.15) is 0 Å². The molecule has 8 heteroatoms. The first-order chi connectivity index (χ1) is 7.37. The molecule has 0 saturated heterocycles. The summed E-state index contributed by atoms with van der Waals surface area (Å²) in [4.78, 5) is 18.9. The first-order valence-corrected chi connectivity index (χ1v) is 4.24. The van der Waals surface area contributed by atoms with E-state index in [1.165, 1.54) is 0 Å². The van der Waals surface area contributed by atoms with Gasteiger partial charge < -0.3 is 30.6 Å². The molecule has 8 nitrogen and oxygen atoms in total. The molecule has 0 aliphatic heterocycles. The van der Waals surface area contributed by atoms with Crippen molar-refractivity contribution in [3.63, 3.8) is 0 Å². The van der Waals surface area contributed by atoms with Crippen LogP contribution in [0.2, 0.25) is 0 Å². The third kappa shape index (κ3) is 8.12. The number of carboxylic acid groups (broad SMARTS) is 2. The van der Waals surface area contributed by atoms with Crippen LogP contribution in [0.4, 0.5) is 0 Å². The Morgan fingerprint density at radius 2 is 1.00 bits per heavy atom. The van der Waals surface area contributed by atoms with Gasteiger partial charge in [-0.05, 0) is 0 Å². The molecule has 0 aromatic carbocycles. The minimum atomic E-state index is -1.31. The molecule has 0 atom stereocenters. The Kier molecular flexibility index (Phi) is 9.71. The smallest absolute Gasteiger partial charge is 0.314 e. The highest BCUT2D eigenvalue weighted by atomic mass is 16.4. The van der Waals surface area contributed by atoms with E-state index in [-0.39, 0.29) is 0 Å². The molecule has 0 bridgehead atoms. The number of rotatable bonds is 6. The second kappa shape index (κ2) is 9.04. The summed E-state index contributed by atoms with van der Waals surface area (Å²) in [7, 11) is 0. The number of aliphatic hydroxyl groups is 4. The summed E-state index contributed by atoms with van der Waals surface area (Å²) in [5, 5.41) is 49.4. The van der Waals surface area contributed by atoms with Gasteiger partial charge in [-0.1, -0.05) is 0 Å². The van der Waals surface area contributed by atoms with Crippen LogP contribution < -0.4 is 0 Å². The van der Waals surface area contributed by atoms with Gasteiger partial charge in [0, 0.05) is 0 Å². The maximum absolute atomic E-state index is 9.43. The molecular weight excluding hydrogens is 224 g/mol. The van der Waals surface area contributed by atoms with Gasteiger partial charge in [0.05, 0.1) is 31.8 Å². The van der Waals surface area contributed by atoms with Crippen molar-refractivity contribution in [2.24, 2.45) is 5.41 Å². The Labute approximate surface area is 91.4 Å². The molecule has 0 aliphatic rings. The van der Waals surface area contributed by atoms with Crippen molar-refractivity contribution in [3.05, 3.63) is 0 Å². The lowest BCUT2D eigenvalue weighted by Crippen LogP contribution is -2.37. The standard InChI is InChI=1S/C5H12O4.C3H4O4/c6-1-5(2-7,3-8)4-9;4-2(5)1-3(6)7/h6-9H,1-4H2;1H2,(H,4,5)(H,6,7). The van der Waals surface area contributed by atoms with Crippen LogP contribution in [-0.4, -0.2) is 69.0 Å². The summed E-state index contributed by atoms with van der Waals surface area (Å²) in [6.45, 7) is -1.62. The predicted molar refractivity (Wildman–Crippen MR) is 50.7 cm³/mol. The van der Waals surface area contributed by atoms with Crippen molar-refractivity contribution < 1.29 is 40.2 Å². The van der Waals surface area contributed by atoms with Gasteiger partial charge in [-0.25, -0.2) is 0 Å². The number of carboxylic acids is 2. The Morgan fingerprint density at radius 1 is 0.750 bits per heavy atom. The molecule has 16 heavy (non-hydrogen) atoms. The lowest BCUT2D eigenvalue weighted by atomic mass is 9.93. The number of aliphatic hydroxyl groups excluding tert-OH is 4. The number of hydrogen-bond donors (Lipinski definition) is 6. The molecule has 0 unspecified atom stereocenters. The van der Waals surface area contributed by atoms with E-state index in [2.05, 4.69) is 0 Å². The van der Waals surface area contributed by atoms with E-state index in [1.54, 1.807) is 0 Å². The van der Waals surface area contributed by atoms with Crippen molar-refractivity contribution in [3.8, 4) is 0 Å². The van der Waals surface area contributed by atoms with Gasteiger partial charge in [-0.3, -0.25) is 9.59 Å². The van der Waals surface area contributed by atoms with Crippen LogP contribution in [0.25, 0.3) is 0 Å². The van der Waals surface area contributed by atoms with Crippen LogP contribution in [0.3, 0.4) is 0 Å². The fraction of sp³-hybridized carbons (Fsp3) is 0.750. The Bertz CT molecular complexity index is 181. The molecule has 0 saturated carbocycles. The van der Waals surface area contributed by atoms with Crippen LogP contribution in [0, 0.1) is 5.41 Å². The largest absolute Gasteiger partial charge is 0.481 e. The SMILES string of the molecule is O=C(O)CC(=O)O.OCC(CO)(CO)CO. The van der Waals surface area contributed by atoms with Crippen LogP contribution in [0.15, 0.2) is 0 Å². The van der Waals surface area contributed by atoms with Crippen molar-refractivity contribution in [1.29, 1.82) is 0 Å². The van der Waals surface area contributed by atoms with Crippen LogP contribution in [0.1, 0.15) is 6.42 Å². The molecule has 0 aromatic heterocycles. The summed E-state index contributed by atoms with van der Waals surface area (Å²) < 4.78 is 0. The van der Waals surface area contributed by atoms with E-state index in [4.69, 9.17) is 30.6 Å². The molecule has 96 valence electrons. The Hall–Kier alpha value is -1.22. The van der Waals surface area contributed by atoms with Crippen molar-refractivity contribution >= 4 is 11.9 Å². The molecule has 0 heterocycles. The van der Waals surface area contributed by atoms with Gasteiger partial charge >= 0.3 is 11.9 Å². The monoisotopic (exact) mass is 240 g/mol. The van der Waals surface area contributed by atoms with Crippen molar-refractivity contribution in [1.82, 2.24) is 0 Å². The molecule has 0 aromatic rings. The molecule has 0 spiro atoms. The van der Waals surface area contributed by atoms with E-state index in [1.807, 2.05) is 0 Å². The van der Waals surface area contributed by atoms with E-state index in [0.29, 0.717) is 0 Å². The number of carbonyl (C=O) groups is 2. The molecule has 6 N–H and O–H groups in total. The number of aliphatic carboxylic acids is 2. The predicted octanol–water partition coefficient (Wildman–Crippen LogP) is -2.51. The molecule has 0 amide bonds. The van der Waals surface area contributed by atoms with Gasteiger partial charge in [0.2, 0.25) is 0 Å². The lowest BCUT2D eigenvalue weighted by molar-refractivity contribution is -0.147. The van der Waals surface area contributed by atoms with Crippen molar-refractivity contribution in [2.75, 3.05) is 26.4 Å². The van der Waals surface area contributed by atoms with Crippen LogP contribution in [0.5, 0.6) is 0 Å². The average Bonchev–Trinajstić information content (AvgIpc) is 2.21. The van der Waals surface area contributed by atoms with Gasteiger partial charge in [0.1, 0.15) is 6.42 Å². The first-order valence-electron chi connectivity index (χ1n) is 4.24. The highest BCUT2D eigenvalue weighted by Gasteiger charge is 2.26. The lowest BCUT2D eigenvalue weighted by Gasteiger charge is -2.23. The van der Waals surface area contributed by atoms with E-state index < -0.39 is 50.2 Å². The van der Waals surface area contributed by atoms with Gasteiger partial charge in [0.25, 0.3) is 0 Å². The highest BCUT2D eigenvalue weighted by molar-refractivity contribution is 5.88. The summed E-state index contributed by atoms with van der Waals surface area (Å²) in [5.74, 6) is -2.62. The maximum Gasteiger partial charge on any atom is 0.314 e.